The molecule has 1 heteroatoms. The van der Waals surface area contributed by atoms with Crippen molar-refractivity contribution in [1.82, 2.24) is 0 Å². The summed E-state index contributed by atoms with van der Waals surface area (Å²) in [6.07, 6.45) is 1.71. The molecule has 1 rings (SSSR count). The van der Waals surface area contributed by atoms with Crippen LogP contribution in [-0.2, 0) is 4.74 Å². The van der Waals surface area contributed by atoms with Crippen molar-refractivity contribution in [2.45, 2.75) is 46.1 Å². The van der Waals surface area contributed by atoms with Gasteiger partial charge in [-0.25, -0.2) is 0 Å². The van der Waals surface area contributed by atoms with Gasteiger partial charge in [-0.05, 0) is 31.1 Å². The van der Waals surface area contributed by atoms with Gasteiger partial charge in [0.2, 0.25) is 0 Å². The second-order valence-electron chi connectivity index (χ2n) is 5.02. The van der Waals surface area contributed by atoms with E-state index < -0.39 is 12.6 Å². The van der Waals surface area contributed by atoms with Gasteiger partial charge in [-0.15, -0.1) is 0 Å². The lowest BCUT2D eigenvalue weighted by Crippen LogP contribution is -2.47. The van der Waals surface area contributed by atoms with Gasteiger partial charge in [-0.2, -0.15) is 0 Å². The summed E-state index contributed by atoms with van der Waals surface area (Å²) < 4.78 is 26.3. The minimum Gasteiger partial charge on any atom is -0.379 e. The summed E-state index contributed by atoms with van der Waals surface area (Å²) >= 11 is 0. The molecule has 0 unspecified atom stereocenters. The summed E-state index contributed by atoms with van der Waals surface area (Å²) in [5, 5.41) is 0. The molecule has 0 aromatic rings. The molecule has 1 fully saturated rings. The zero-order valence-corrected chi connectivity index (χ0v) is 7.90. The van der Waals surface area contributed by atoms with Crippen molar-refractivity contribution in [3.05, 3.63) is 0 Å². The molecule has 66 valence electrons. The second-order valence-corrected chi connectivity index (χ2v) is 5.02. The molecule has 1 aliphatic rings. The maximum absolute atomic E-state index is 7.06. The van der Waals surface area contributed by atoms with E-state index in [1.165, 1.54) is 0 Å². The van der Waals surface area contributed by atoms with Crippen molar-refractivity contribution in [3.8, 4) is 0 Å². The van der Waals surface area contributed by atoms with Gasteiger partial charge in [0, 0.05) is 7.04 Å². The van der Waals surface area contributed by atoms with Crippen LogP contribution in [0.1, 0.15) is 44.6 Å². The first kappa shape index (κ1) is 5.58. The lowest BCUT2D eigenvalue weighted by atomic mass is 9.61. The van der Waals surface area contributed by atoms with Gasteiger partial charge in [0.1, 0.15) is 0 Å². The Labute approximate surface area is 74.3 Å². The molecule has 1 saturated carbocycles. The van der Waals surface area contributed by atoms with Crippen LogP contribution in [0.3, 0.4) is 0 Å². The topological polar surface area (TPSA) is 9.23 Å². The van der Waals surface area contributed by atoms with Crippen molar-refractivity contribution in [1.29, 1.82) is 0 Å². The highest BCUT2D eigenvalue weighted by Crippen LogP contribution is 2.48. The van der Waals surface area contributed by atoms with Crippen molar-refractivity contribution >= 4 is 0 Å². The first-order valence-corrected chi connectivity index (χ1v) is 4.22. The molecule has 0 aliphatic heterocycles. The number of hydrogen-bond acceptors (Lipinski definition) is 1. The fraction of sp³-hybridized carbons (Fsp3) is 1.00. The molecular weight excluding hydrogens is 136 g/mol. The summed E-state index contributed by atoms with van der Waals surface area (Å²) in [6, 6.07) is 0. The van der Waals surface area contributed by atoms with E-state index in [1.807, 2.05) is 6.92 Å². The lowest BCUT2D eigenvalue weighted by molar-refractivity contribution is -0.118. The minimum atomic E-state index is -2.25. The average molecular weight is 159 g/mol. The predicted octanol–water partition coefficient (Wildman–Crippen LogP) is 2.85. The third-order valence-corrected chi connectivity index (χ3v) is 2.83. The Kier molecular flexibility index (Phi) is 1.26. The van der Waals surface area contributed by atoms with Crippen LogP contribution in [0, 0.1) is 11.3 Å². The third kappa shape index (κ3) is 1.76. The standard InChI is InChI=1S/C10H20O/c1-9(2,3)8-6-10(4,7-8)11-5/h8H,6-7H2,1-5H3/i5D3. The molecular formula is C10H20O. The lowest BCUT2D eigenvalue weighted by Gasteiger charge is -2.50. The Bertz CT molecular complexity index is 208. The van der Waals surface area contributed by atoms with E-state index in [9.17, 15) is 0 Å². The van der Waals surface area contributed by atoms with Crippen LogP contribution >= 0.6 is 0 Å². The Morgan fingerprint density at radius 2 is 2.00 bits per heavy atom. The van der Waals surface area contributed by atoms with Gasteiger partial charge < -0.3 is 4.74 Å². The van der Waals surface area contributed by atoms with Crippen LogP contribution in [0.4, 0.5) is 0 Å². The van der Waals surface area contributed by atoms with Crippen LogP contribution in [0.2, 0.25) is 0 Å². The maximum atomic E-state index is 7.06. The molecule has 0 spiro atoms. The smallest absolute Gasteiger partial charge is 0.0656 e. The number of rotatable bonds is 1. The molecule has 0 atom stereocenters. The van der Waals surface area contributed by atoms with Crippen molar-refractivity contribution in [2.75, 3.05) is 7.04 Å². The highest BCUT2D eigenvalue weighted by molar-refractivity contribution is 4.96. The largest absolute Gasteiger partial charge is 0.379 e. The fourth-order valence-electron chi connectivity index (χ4n) is 1.68. The Morgan fingerprint density at radius 3 is 2.36 bits per heavy atom. The maximum Gasteiger partial charge on any atom is 0.0656 e. The Balaban J connectivity index is 2.46. The highest BCUT2D eigenvalue weighted by atomic mass is 16.5. The predicted molar refractivity (Wildman–Crippen MR) is 47.6 cm³/mol. The summed E-state index contributed by atoms with van der Waals surface area (Å²) in [4.78, 5) is 0. The molecule has 0 amide bonds. The van der Waals surface area contributed by atoms with E-state index in [0.29, 0.717) is 5.92 Å². The van der Waals surface area contributed by atoms with Gasteiger partial charge in [0.15, 0.2) is 0 Å². The molecule has 0 saturated heterocycles. The molecule has 0 bridgehead atoms. The molecule has 1 aliphatic carbocycles. The van der Waals surface area contributed by atoms with Crippen molar-refractivity contribution in [3.63, 3.8) is 0 Å². The molecule has 0 aromatic heterocycles. The molecule has 0 radical (unpaired) electrons. The van der Waals surface area contributed by atoms with E-state index >= 15 is 0 Å². The van der Waals surface area contributed by atoms with Crippen LogP contribution in [0.25, 0.3) is 0 Å². The molecule has 11 heavy (non-hydrogen) atoms. The summed E-state index contributed by atoms with van der Waals surface area (Å²) in [5.74, 6) is 0.579. The average Bonchev–Trinajstić information content (AvgIpc) is 1.75. The highest BCUT2D eigenvalue weighted by Gasteiger charge is 2.45. The zero-order valence-electron chi connectivity index (χ0n) is 10.9. The minimum absolute atomic E-state index is 0.262. The molecule has 1 nitrogen and oxygen atoms in total. The van der Waals surface area contributed by atoms with E-state index in [4.69, 9.17) is 8.85 Å². The zero-order chi connectivity index (χ0) is 11.2. The van der Waals surface area contributed by atoms with Crippen LogP contribution in [0.15, 0.2) is 0 Å². The van der Waals surface area contributed by atoms with E-state index in [-0.39, 0.29) is 5.41 Å². The quantitative estimate of drug-likeness (QED) is 0.571. The van der Waals surface area contributed by atoms with Gasteiger partial charge >= 0.3 is 0 Å². The van der Waals surface area contributed by atoms with Crippen LogP contribution in [-0.4, -0.2) is 12.6 Å². The third-order valence-electron chi connectivity index (χ3n) is 2.83. The van der Waals surface area contributed by atoms with Crippen molar-refractivity contribution in [2.24, 2.45) is 11.3 Å². The summed E-state index contributed by atoms with van der Waals surface area (Å²) in [5.41, 5.74) is -0.166. The summed E-state index contributed by atoms with van der Waals surface area (Å²) in [7, 11) is -2.25. The van der Waals surface area contributed by atoms with Gasteiger partial charge in [0.25, 0.3) is 0 Å². The van der Waals surface area contributed by atoms with Crippen LogP contribution in [0.5, 0.6) is 0 Å². The van der Waals surface area contributed by atoms with E-state index in [2.05, 4.69) is 20.8 Å². The Hall–Kier alpha value is -0.0400. The van der Waals surface area contributed by atoms with E-state index in [1.54, 1.807) is 0 Å². The van der Waals surface area contributed by atoms with Gasteiger partial charge in [-0.3, -0.25) is 0 Å². The second kappa shape index (κ2) is 2.48. The number of hydrogen-bond donors (Lipinski definition) is 0. The number of methoxy groups -OCH3 is 1. The first-order chi connectivity index (χ1) is 6.02. The number of ether oxygens (including phenoxy) is 1. The molecule has 0 N–H and O–H groups in total. The van der Waals surface area contributed by atoms with Gasteiger partial charge in [0.05, 0.1) is 9.71 Å². The van der Waals surface area contributed by atoms with E-state index in [0.717, 1.165) is 12.8 Å². The fourth-order valence-corrected chi connectivity index (χ4v) is 1.68. The van der Waals surface area contributed by atoms with Crippen LogP contribution < -0.4 is 0 Å². The van der Waals surface area contributed by atoms with Crippen molar-refractivity contribution < 1.29 is 8.85 Å². The normalized spacial score (nSPS) is 43.6. The molecule has 0 heterocycles. The SMILES string of the molecule is [2H]C([2H])([2H])OC1(C)CC(C(C)(C)C)C1. The summed E-state index contributed by atoms with van der Waals surface area (Å²) in [6.45, 7) is 8.45. The Morgan fingerprint density at radius 1 is 1.45 bits per heavy atom. The first-order valence-electron chi connectivity index (χ1n) is 5.72. The molecule has 0 aromatic carbocycles. The van der Waals surface area contributed by atoms with Gasteiger partial charge in [-0.1, -0.05) is 20.8 Å². The monoisotopic (exact) mass is 159 g/mol.